The fraction of sp³-hybridized carbons (Fsp3) is 0.481. The molecule has 192 valence electrons. The van der Waals surface area contributed by atoms with E-state index in [0.717, 1.165) is 19.3 Å². The number of aliphatic hydroxyl groups is 1. The maximum absolute atomic E-state index is 13.1. The minimum atomic E-state index is -4.51. The third-order valence-corrected chi connectivity index (χ3v) is 6.74. The molecule has 0 radical (unpaired) electrons. The summed E-state index contributed by atoms with van der Waals surface area (Å²) < 4.78 is 31.5. The van der Waals surface area contributed by atoms with Gasteiger partial charge in [0.25, 0.3) is 0 Å². The van der Waals surface area contributed by atoms with Crippen LogP contribution >= 0.6 is 0 Å². The Kier molecular flexibility index (Phi) is 12.1. The zero-order valence-corrected chi connectivity index (χ0v) is 21.3. The predicted octanol–water partition coefficient (Wildman–Crippen LogP) is 5.06. The van der Waals surface area contributed by atoms with Crippen LogP contribution in [0, 0.1) is 0 Å². The molecule has 2 aromatic rings. The van der Waals surface area contributed by atoms with Crippen LogP contribution in [0.15, 0.2) is 60.7 Å². The van der Waals surface area contributed by atoms with E-state index in [-0.39, 0.29) is 17.5 Å². The molecule has 8 heteroatoms. The van der Waals surface area contributed by atoms with E-state index in [1.54, 1.807) is 36.4 Å². The number of Topliss-reactive ketones (excluding diaryl/α,β-unsaturated/α-hetero) is 1. The molecule has 0 aliphatic heterocycles. The van der Waals surface area contributed by atoms with Gasteiger partial charge >= 0.3 is 10.3 Å². The van der Waals surface area contributed by atoms with Crippen molar-refractivity contribution < 1.29 is 27.3 Å². The largest absolute Gasteiger partial charge is 0.375 e. The topological polar surface area (TPSA) is 110 Å². The van der Waals surface area contributed by atoms with Gasteiger partial charge in [-0.25, -0.2) is 8.91 Å². The lowest BCUT2D eigenvalue weighted by Crippen LogP contribution is -2.43. The van der Waals surface area contributed by atoms with Gasteiger partial charge in [0, 0.05) is 12.0 Å². The van der Waals surface area contributed by atoms with E-state index in [2.05, 4.69) is 6.92 Å². The van der Waals surface area contributed by atoms with Crippen LogP contribution in [0.1, 0.15) is 87.1 Å². The maximum Gasteiger partial charge on any atom is 0.362 e. The molecule has 0 spiro atoms. The standard InChI is InChI=1S/C27H37NO6S/c1-2-3-4-5-6-7-8-9-16-21-25(29)28-35(32,33)34-22-27(31,24-19-14-11-15-20-24)26(30)23-17-12-10-13-18-23/h10-15,17-20,31H,2-9,16,21-22H2,1H3,(H,28,29). The van der Waals surface area contributed by atoms with E-state index in [0.29, 0.717) is 6.42 Å². The molecule has 0 bridgehead atoms. The summed E-state index contributed by atoms with van der Waals surface area (Å²) in [7, 11) is -4.51. The Bertz CT molecular complexity index is 1010. The molecule has 0 aliphatic rings. The fourth-order valence-electron chi connectivity index (χ4n) is 3.80. The molecular formula is C27H37NO6S. The molecule has 1 amide bonds. The van der Waals surface area contributed by atoms with E-state index >= 15 is 0 Å². The van der Waals surface area contributed by atoms with Gasteiger partial charge < -0.3 is 5.11 Å². The summed E-state index contributed by atoms with van der Waals surface area (Å²) in [5.41, 5.74) is -1.86. The molecule has 2 aromatic carbocycles. The lowest BCUT2D eigenvalue weighted by Gasteiger charge is -2.26. The third-order valence-electron chi connectivity index (χ3n) is 5.83. The first-order valence-corrected chi connectivity index (χ1v) is 13.8. The summed E-state index contributed by atoms with van der Waals surface area (Å²) >= 11 is 0. The van der Waals surface area contributed by atoms with E-state index in [1.807, 2.05) is 4.72 Å². The van der Waals surface area contributed by atoms with Crippen LogP contribution in [0.5, 0.6) is 0 Å². The van der Waals surface area contributed by atoms with Crippen molar-refractivity contribution in [3.63, 3.8) is 0 Å². The Morgan fingerprint density at radius 3 is 1.91 bits per heavy atom. The fourth-order valence-corrected chi connectivity index (χ4v) is 4.57. The van der Waals surface area contributed by atoms with Gasteiger partial charge in [-0.05, 0) is 12.0 Å². The summed E-state index contributed by atoms with van der Waals surface area (Å²) in [6, 6.07) is 16.0. The molecule has 35 heavy (non-hydrogen) atoms. The Labute approximate surface area is 209 Å². The van der Waals surface area contributed by atoms with Crippen LogP contribution in [-0.4, -0.2) is 31.8 Å². The van der Waals surface area contributed by atoms with E-state index < -0.39 is 34.2 Å². The SMILES string of the molecule is CCCCCCCCCCCC(=O)NS(=O)(=O)OCC(O)(C(=O)c1ccccc1)c1ccccc1. The minimum absolute atomic E-state index is 0.0598. The second-order valence-electron chi connectivity index (χ2n) is 8.74. The van der Waals surface area contributed by atoms with Gasteiger partial charge in [-0.2, -0.15) is 8.42 Å². The summed E-state index contributed by atoms with van der Waals surface area (Å²) in [6.45, 7) is 1.31. The van der Waals surface area contributed by atoms with Crippen molar-refractivity contribution in [2.75, 3.05) is 6.61 Å². The molecule has 0 aromatic heterocycles. The van der Waals surface area contributed by atoms with Crippen molar-refractivity contribution in [2.24, 2.45) is 0 Å². The number of nitrogens with one attached hydrogen (secondary N) is 1. The van der Waals surface area contributed by atoms with Crippen molar-refractivity contribution in [2.45, 2.75) is 76.7 Å². The first-order chi connectivity index (χ1) is 16.8. The number of unbranched alkanes of at least 4 members (excludes halogenated alkanes) is 8. The van der Waals surface area contributed by atoms with Crippen LogP contribution in [0.3, 0.4) is 0 Å². The molecule has 0 aliphatic carbocycles. The molecule has 0 saturated heterocycles. The average molecular weight is 504 g/mol. The maximum atomic E-state index is 13.1. The van der Waals surface area contributed by atoms with E-state index in [4.69, 9.17) is 4.18 Å². The monoisotopic (exact) mass is 503 g/mol. The van der Waals surface area contributed by atoms with Gasteiger partial charge in [-0.15, -0.1) is 0 Å². The Balaban J connectivity index is 1.88. The molecular weight excluding hydrogens is 466 g/mol. The number of carbonyl (C=O) groups excluding carboxylic acids is 2. The van der Waals surface area contributed by atoms with Crippen molar-refractivity contribution in [1.29, 1.82) is 0 Å². The second-order valence-corrected chi connectivity index (χ2v) is 10.1. The highest BCUT2D eigenvalue weighted by Crippen LogP contribution is 2.27. The lowest BCUT2D eigenvalue weighted by atomic mass is 9.86. The summed E-state index contributed by atoms with van der Waals surface area (Å²) in [5, 5.41) is 11.2. The molecule has 7 nitrogen and oxygen atoms in total. The third kappa shape index (κ3) is 9.92. The van der Waals surface area contributed by atoms with Crippen LogP contribution in [0.4, 0.5) is 0 Å². The van der Waals surface area contributed by atoms with Crippen molar-refractivity contribution in [3.8, 4) is 0 Å². The lowest BCUT2D eigenvalue weighted by molar-refractivity contribution is -0.119. The molecule has 0 heterocycles. The number of rotatable bonds is 17. The second kappa shape index (κ2) is 14.8. The predicted molar refractivity (Wildman–Crippen MR) is 136 cm³/mol. The minimum Gasteiger partial charge on any atom is -0.375 e. The van der Waals surface area contributed by atoms with Crippen molar-refractivity contribution in [1.82, 2.24) is 4.72 Å². The number of hydrogen-bond donors (Lipinski definition) is 2. The number of carbonyl (C=O) groups is 2. The number of hydrogen-bond acceptors (Lipinski definition) is 6. The van der Waals surface area contributed by atoms with Crippen LogP contribution in [0.25, 0.3) is 0 Å². The normalized spacial score (nSPS) is 13.2. The number of amides is 1. The van der Waals surface area contributed by atoms with Gasteiger partial charge in [0.15, 0.2) is 5.60 Å². The Morgan fingerprint density at radius 1 is 0.829 bits per heavy atom. The number of ketones is 1. The van der Waals surface area contributed by atoms with Gasteiger partial charge in [0.05, 0.1) is 0 Å². The Hall–Kier alpha value is -2.55. The average Bonchev–Trinajstić information content (AvgIpc) is 2.86. The smallest absolute Gasteiger partial charge is 0.362 e. The molecule has 0 fully saturated rings. The highest BCUT2D eigenvalue weighted by Gasteiger charge is 2.40. The zero-order chi connectivity index (χ0) is 25.6. The van der Waals surface area contributed by atoms with E-state index in [1.165, 1.54) is 56.4 Å². The van der Waals surface area contributed by atoms with E-state index in [9.17, 15) is 23.1 Å². The summed E-state index contributed by atoms with van der Waals surface area (Å²) in [5.74, 6) is -1.38. The molecule has 1 atom stereocenters. The quantitative estimate of drug-likeness (QED) is 0.231. The number of benzene rings is 2. The molecule has 2 N–H and O–H groups in total. The van der Waals surface area contributed by atoms with Gasteiger partial charge in [-0.1, -0.05) is 119 Å². The van der Waals surface area contributed by atoms with Crippen LogP contribution < -0.4 is 4.72 Å². The first-order valence-electron chi connectivity index (χ1n) is 12.4. The highest BCUT2D eigenvalue weighted by atomic mass is 32.2. The zero-order valence-electron chi connectivity index (χ0n) is 20.4. The molecule has 2 rings (SSSR count). The van der Waals surface area contributed by atoms with Crippen molar-refractivity contribution >= 4 is 22.0 Å². The van der Waals surface area contributed by atoms with Gasteiger partial charge in [0.1, 0.15) is 6.61 Å². The van der Waals surface area contributed by atoms with Crippen molar-refractivity contribution in [3.05, 3.63) is 71.8 Å². The summed E-state index contributed by atoms with van der Waals surface area (Å²) in [4.78, 5) is 25.2. The van der Waals surface area contributed by atoms with Crippen LogP contribution in [0.2, 0.25) is 0 Å². The van der Waals surface area contributed by atoms with Crippen LogP contribution in [-0.2, 0) is 24.9 Å². The highest BCUT2D eigenvalue weighted by molar-refractivity contribution is 7.85. The Morgan fingerprint density at radius 2 is 1.34 bits per heavy atom. The van der Waals surface area contributed by atoms with Gasteiger partial charge in [0.2, 0.25) is 11.7 Å². The summed E-state index contributed by atoms with van der Waals surface area (Å²) in [6.07, 6.45) is 9.76. The van der Waals surface area contributed by atoms with Gasteiger partial charge in [-0.3, -0.25) is 9.59 Å². The molecule has 1 unspecified atom stereocenters. The first kappa shape index (κ1) is 28.7. The molecule has 0 saturated carbocycles.